The molecule has 1 aromatic carbocycles. The van der Waals surface area contributed by atoms with Gasteiger partial charge < -0.3 is 29.7 Å². The van der Waals surface area contributed by atoms with Gasteiger partial charge in [-0.05, 0) is 18.9 Å². The van der Waals surface area contributed by atoms with E-state index in [0.29, 0.717) is 42.0 Å². The summed E-state index contributed by atoms with van der Waals surface area (Å²) in [5.41, 5.74) is 0.747. The van der Waals surface area contributed by atoms with Gasteiger partial charge in [-0.3, -0.25) is 4.79 Å². The molecular weight excluding hydrogens is 374 g/mol. The van der Waals surface area contributed by atoms with Crippen molar-refractivity contribution < 1.29 is 19.0 Å². The lowest BCUT2D eigenvalue weighted by molar-refractivity contribution is -0.127. The fraction of sp³-hybridized carbons (Fsp3) is 0.450. The number of hydrogen-bond acceptors (Lipinski definition) is 8. The Bertz CT molecular complexity index is 820. The second-order valence-corrected chi connectivity index (χ2v) is 6.57. The van der Waals surface area contributed by atoms with E-state index in [2.05, 4.69) is 20.6 Å². The zero-order chi connectivity index (χ0) is 20.6. The molecular formula is C20H27N5O4. The van der Waals surface area contributed by atoms with Crippen molar-refractivity contribution in [3.63, 3.8) is 0 Å². The van der Waals surface area contributed by atoms with Crippen molar-refractivity contribution in [1.29, 1.82) is 0 Å². The van der Waals surface area contributed by atoms with E-state index in [1.807, 2.05) is 17.0 Å². The number of aromatic nitrogens is 2. The number of carbonyl (C=O) groups is 1. The minimum Gasteiger partial charge on any atom is -0.493 e. The van der Waals surface area contributed by atoms with E-state index in [9.17, 15) is 4.79 Å². The molecule has 1 aromatic heterocycles. The molecule has 1 aliphatic rings. The predicted molar refractivity (Wildman–Crippen MR) is 110 cm³/mol. The Kier molecular flexibility index (Phi) is 6.94. The van der Waals surface area contributed by atoms with Crippen LogP contribution in [0.5, 0.6) is 17.2 Å². The van der Waals surface area contributed by atoms with Gasteiger partial charge in [0.05, 0.1) is 21.3 Å². The highest BCUT2D eigenvalue weighted by Gasteiger charge is 2.19. The van der Waals surface area contributed by atoms with Crippen LogP contribution in [0.2, 0.25) is 0 Å². The molecule has 156 valence electrons. The highest BCUT2D eigenvalue weighted by Crippen LogP contribution is 2.40. The summed E-state index contributed by atoms with van der Waals surface area (Å²) in [5, 5.41) is 6.43. The second-order valence-electron chi connectivity index (χ2n) is 6.57. The third-order valence-electron chi connectivity index (χ3n) is 4.65. The summed E-state index contributed by atoms with van der Waals surface area (Å²) in [6.45, 7) is 2.32. The van der Waals surface area contributed by atoms with Crippen LogP contribution in [0.15, 0.2) is 24.4 Å². The summed E-state index contributed by atoms with van der Waals surface area (Å²) in [4.78, 5) is 22.3. The number of likely N-dealkylation sites (tertiary alicyclic amines) is 1. The van der Waals surface area contributed by atoms with Gasteiger partial charge in [0, 0.05) is 50.1 Å². The van der Waals surface area contributed by atoms with E-state index >= 15 is 0 Å². The Morgan fingerprint density at radius 1 is 1.14 bits per heavy atom. The Morgan fingerprint density at radius 3 is 2.52 bits per heavy atom. The van der Waals surface area contributed by atoms with Crippen LogP contribution in [0.1, 0.15) is 19.3 Å². The largest absolute Gasteiger partial charge is 0.493 e. The van der Waals surface area contributed by atoms with Gasteiger partial charge in [0.15, 0.2) is 11.5 Å². The number of methoxy groups -OCH3 is 3. The third kappa shape index (κ3) is 5.18. The molecule has 2 aromatic rings. The first kappa shape index (κ1) is 20.5. The maximum Gasteiger partial charge on any atom is 0.224 e. The Labute approximate surface area is 170 Å². The van der Waals surface area contributed by atoms with Crippen LogP contribution < -0.4 is 24.8 Å². The zero-order valence-corrected chi connectivity index (χ0v) is 17.0. The van der Waals surface area contributed by atoms with Crippen LogP contribution in [0.25, 0.3) is 0 Å². The average molecular weight is 401 g/mol. The van der Waals surface area contributed by atoms with Gasteiger partial charge in [-0.25, -0.2) is 4.98 Å². The molecule has 29 heavy (non-hydrogen) atoms. The average Bonchev–Trinajstić information content (AvgIpc) is 3.15. The van der Waals surface area contributed by atoms with E-state index < -0.39 is 0 Å². The van der Waals surface area contributed by atoms with Crippen molar-refractivity contribution in [2.75, 3.05) is 51.6 Å². The van der Waals surface area contributed by atoms with Crippen molar-refractivity contribution in [2.24, 2.45) is 0 Å². The summed E-state index contributed by atoms with van der Waals surface area (Å²) in [7, 11) is 4.71. The lowest BCUT2D eigenvalue weighted by Gasteiger charge is -2.16. The van der Waals surface area contributed by atoms with Crippen molar-refractivity contribution in [3.8, 4) is 17.2 Å². The number of benzene rings is 1. The second kappa shape index (κ2) is 9.81. The van der Waals surface area contributed by atoms with E-state index in [4.69, 9.17) is 14.2 Å². The monoisotopic (exact) mass is 401 g/mol. The van der Waals surface area contributed by atoms with E-state index in [0.717, 1.165) is 31.6 Å². The standard InChI is InChI=1S/C20H27N5O4/c1-27-15-12-14(13-16(28-2)19(15)29-3)23-17-7-9-22-20(24-17)21-8-5-11-25-10-4-6-18(25)26/h7,9,12-13H,4-6,8,10-11H2,1-3H3,(H2,21,22,23,24). The SMILES string of the molecule is COc1cc(Nc2ccnc(NCCCN3CCCC3=O)n2)cc(OC)c1OC. The lowest BCUT2D eigenvalue weighted by Crippen LogP contribution is -2.27. The molecule has 0 atom stereocenters. The molecule has 2 N–H and O–H groups in total. The number of nitrogens with zero attached hydrogens (tertiary/aromatic N) is 3. The fourth-order valence-corrected chi connectivity index (χ4v) is 3.23. The normalized spacial score (nSPS) is 13.3. The van der Waals surface area contributed by atoms with Gasteiger partial charge in [0.1, 0.15) is 5.82 Å². The minimum absolute atomic E-state index is 0.248. The van der Waals surface area contributed by atoms with Crippen LogP contribution in [0.3, 0.4) is 0 Å². The number of rotatable bonds is 10. The molecule has 0 spiro atoms. The number of nitrogens with one attached hydrogen (secondary N) is 2. The van der Waals surface area contributed by atoms with Gasteiger partial charge >= 0.3 is 0 Å². The predicted octanol–water partition coefficient (Wildman–Crippen LogP) is 2.67. The third-order valence-corrected chi connectivity index (χ3v) is 4.65. The maximum atomic E-state index is 11.6. The molecule has 3 rings (SSSR count). The smallest absolute Gasteiger partial charge is 0.224 e. The van der Waals surface area contributed by atoms with Crippen molar-refractivity contribution in [1.82, 2.24) is 14.9 Å². The molecule has 1 fully saturated rings. The minimum atomic E-state index is 0.248. The molecule has 0 bridgehead atoms. The van der Waals surface area contributed by atoms with Gasteiger partial charge in [-0.2, -0.15) is 4.98 Å². The Balaban J connectivity index is 1.60. The van der Waals surface area contributed by atoms with Crippen LogP contribution in [-0.2, 0) is 4.79 Å². The maximum absolute atomic E-state index is 11.6. The molecule has 0 radical (unpaired) electrons. The van der Waals surface area contributed by atoms with Crippen LogP contribution in [-0.4, -0.2) is 61.7 Å². The number of amides is 1. The summed E-state index contributed by atoms with van der Waals surface area (Å²) < 4.78 is 16.1. The van der Waals surface area contributed by atoms with Gasteiger partial charge in [0.2, 0.25) is 17.6 Å². The van der Waals surface area contributed by atoms with Crippen LogP contribution >= 0.6 is 0 Å². The lowest BCUT2D eigenvalue weighted by atomic mass is 10.2. The number of anilines is 3. The van der Waals surface area contributed by atoms with Crippen LogP contribution in [0, 0.1) is 0 Å². The van der Waals surface area contributed by atoms with Crippen LogP contribution in [0.4, 0.5) is 17.5 Å². The number of hydrogen-bond donors (Lipinski definition) is 2. The van der Waals surface area contributed by atoms with Crippen molar-refractivity contribution in [2.45, 2.75) is 19.3 Å². The number of carbonyl (C=O) groups excluding carboxylic acids is 1. The highest BCUT2D eigenvalue weighted by molar-refractivity contribution is 5.78. The molecule has 1 saturated heterocycles. The van der Waals surface area contributed by atoms with Gasteiger partial charge in [0.25, 0.3) is 0 Å². The van der Waals surface area contributed by atoms with E-state index in [1.54, 1.807) is 33.6 Å². The summed E-state index contributed by atoms with van der Waals surface area (Å²) in [5.74, 6) is 3.04. The topological polar surface area (TPSA) is 97.8 Å². The first-order valence-electron chi connectivity index (χ1n) is 9.56. The highest BCUT2D eigenvalue weighted by atomic mass is 16.5. The van der Waals surface area contributed by atoms with Gasteiger partial charge in [-0.1, -0.05) is 0 Å². The molecule has 0 unspecified atom stereocenters. The number of ether oxygens (including phenoxy) is 3. The van der Waals surface area contributed by atoms with Crippen molar-refractivity contribution >= 4 is 23.4 Å². The summed E-state index contributed by atoms with van der Waals surface area (Å²) in [6.07, 6.45) is 4.16. The first-order valence-corrected chi connectivity index (χ1v) is 9.56. The molecule has 9 nitrogen and oxygen atoms in total. The molecule has 0 saturated carbocycles. The van der Waals surface area contributed by atoms with Crippen molar-refractivity contribution in [3.05, 3.63) is 24.4 Å². The first-order chi connectivity index (χ1) is 14.1. The fourth-order valence-electron chi connectivity index (χ4n) is 3.23. The Morgan fingerprint density at radius 2 is 1.90 bits per heavy atom. The zero-order valence-electron chi connectivity index (χ0n) is 17.0. The molecule has 0 aliphatic carbocycles. The van der Waals surface area contributed by atoms with Gasteiger partial charge in [-0.15, -0.1) is 0 Å². The molecule has 1 aliphatic heterocycles. The van der Waals surface area contributed by atoms with E-state index in [1.165, 1.54) is 0 Å². The summed E-state index contributed by atoms with van der Waals surface area (Å²) in [6, 6.07) is 5.39. The summed E-state index contributed by atoms with van der Waals surface area (Å²) >= 11 is 0. The Hall–Kier alpha value is -3.23. The molecule has 2 heterocycles. The molecule has 1 amide bonds. The van der Waals surface area contributed by atoms with E-state index in [-0.39, 0.29) is 5.91 Å². The molecule has 9 heteroatoms. The quantitative estimate of drug-likeness (QED) is 0.587.